The molecule has 1 aromatic carbocycles. The lowest BCUT2D eigenvalue weighted by Crippen LogP contribution is -2.41. The van der Waals surface area contributed by atoms with E-state index in [1.165, 1.54) is 0 Å². The molecule has 0 aliphatic carbocycles. The Morgan fingerprint density at radius 3 is 2.08 bits per heavy atom. The minimum atomic E-state index is -2.05. The van der Waals surface area contributed by atoms with Crippen molar-refractivity contribution in [2.75, 3.05) is 12.4 Å². The van der Waals surface area contributed by atoms with Crippen LogP contribution >= 0.6 is 0 Å². The van der Waals surface area contributed by atoms with Crippen LogP contribution in [0.4, 0.5) is 0 Å². The Bertz CT molecular complexity index is 620. The number of ether oxygens (including phenoxy) is 1. The Morgan fingerprint density at radius 2 is 1.64 bits per heavy atom. The van der Waals surface area contributed by atoms with Crippen LogP contribution in [0.25, 0.3) is 0 Å². The van der Waals surface area contributed by atoms with Crippen molar-refractivity contribution in [2.24, 2.45) is 5.92 Å². The second-order valence-corrected chi connectivity index (χ2v) is 8.89. The van der Waals surface area contributed by atoms with Crippen molar-refractivity contribution in [3.63, 3.8) is 0 Å². The van der Waals surface area contributed by atoms with Gasteiger partial charge in [0.15, 0.2) is 0 Å². The molecule has 0 radical (unpaired) electrons. The SMILES string of the molecule is Cc1cc(OCC(C)CS(=O)[O-])cc(C)c1B1OC(C)(C)C(C)(C)O1. The first-order chi connectivity index (χ1) is 11.4. The van der Waals surface area contributed by atoms with Gasteiger partial charge in [-0.25, -0.2) is 0 Å². The molecule has 1 saturated heterocycles. The normalized spacial score (nSPS) is 21.2. The zero-order chi connectivity index (χ0) is 19.0. The summed E-state index contributed by atoms with van der Waals surface area (Å²) in [5.41, 5.74) is 2.34. The van der Waals surface area contributed by atoms with Gasteiger partial charge in [-0.2, -0.15) is 0 Å². The van der Waals surface area contributed by atoms with E-state index in [-0.39, 0.29) is 22.9 Å². The molecule has 2 atom stereocenters. The smallest absolute Gasteiger partial charge is 0.495 e. The lowest BCUT2D eigenvalue weighted by molar-refractivity contribution is 0.00578. The van der Waals surface area contributed by atoms with E-state index in [0.29, 0.717) is 6.61 Å². The lowest BCUT2D eigenvalue weighted by atomic mass is 9.73. The molecule has 0 amide bonds. The third-order valence-corrected chi connectivity index (χ3v) is 5.85. The summed E-state index contributed by atoms with van der Waals surface area (Å²) in [4.78, 5) is 0. The first-order valence-electron chi connectivity index (χ1n) is 8.58. The fourth-order valence-corrected chi connectivity index (χ4v) is 3.43. The molecule has 0 bridgehead atoms. The van der Waals surface area contributed by atoms with E-state index < -0.39 is 18.2 Å². The second-order valence-electron chi connectivity index (χ2n) is 7.95. The van der Waals surface area contributed by atoms with Crippen LogP contribution in [0.1, 0.15) is 45.7 Å². The largest absolute Gasteiger partial charge is 0.772 e. The van der Waals surface area contributed by atoms with Crippen LogP contribution in [0.3, 0.4) is 0 Å². The summed E-state index contributed by atoms with van der Waals surface area (Å²) in [7, 11) is -0.402. The van der Waals surface area contributed by atoms with Gasteiger partial charge in [0, 0.05) is 11.7 Å². The zero-order valence-electron chi connectivity index (χ0n) is 16.2. The molecule has 1 aromatic rings. The predicted molar refractivity (Wildman–Crippen MR) is 100 cm³/mol. The first-order valence-corrected chi connectivity index (χ1v) is 9.83. The van der Waals surface area contributed by atoms with Crippen LogP contribution in [-0.4, -0.2) is 39.4 Å². The highest BCUT2D eigenvalue weighted by atomic mass is 32.2. The molecule has 140 valence electrons. The molecule has 2 unspecified atom stereocenters. The number of benzene rings is 1. The van der Waals surface area contributed by atoms with E-state index in [9.17, 15) is 8.76 Å². The summed E-state index contributed by atoms with van der Waals surface area (Å²) < 4.78 is 39.6. The Labute approximate surface area is 153 Å². The Balaban J connectivity index is 2.14. The van der Waals surface area contributed by atoms with E-state index in [4.69, 9.17) is 14.0 Å². The molecule has 0 aromatic heterocycles. The molecule has 0 spiro atoms. The first kappa shape index (κ1) is 20.4. The van der Waals surface area contributed by atoms with Crippen LogP contribution in [0.2, 0.25) is 0 Å². The van der Waals surface area contributed by atoms with Gasteiger partial charge in [-0.3, -0.25) is 4.21 Å². The van der Waals surface area contributed by atoms with Crippen molar-refractivity contribution in [3.05, 3.63) is 23.3 Å². The molecule has 1 aliphatic rings. The van der Waals surface area contributed by atoms with Gasteiger partial charge in [-0.1, -0.05) is 18.0 Å². The van der Waals surface area contributed by atoms with E-state index in [1.54, 1.807) is 0 Å². The van der Waals surface area contributed by atoms with Crippen LogP contribution in [0.15, 0.2) is 12.1 Å². The van der Waals surface area contributed by atoms with E-state index in [2.05, 4.69) is 0 Å². The summed E-state index contributed by atoms with van der Waals surface area (Å²) in [6.45, 7) is 14.4. The van der Waals surface area contributed by atoms with Crippen molar-refractivity contribution in [2.45, 2.75) is 59.7 Å². The maximum Gasteiger partial charge on any atom is 0.495 e. The van der Waals surface area contributed by atoms with Crippen molar-refractivity contribution in [1.82, 2.24) is 0 Å². The van der Waals surface area contributed by atoms with Crippen molar-refractivity contribution in [3.8, 4) is 5.75 Å². The molecule has 7 heteroatoms. The molecule has 2 rings (SSSR count). The lowest BCUT2D eigenvalue weighted by Gasteiger charge is -2.32. The maximum absolute atomic E-state index is 10.7. The number of hydrogen-bond donors (Lipinski definition) is 0. The molecule has 1 heterocycles. The molecule has 1 fully saturated rings. The molecule has 0 saturated carbocycles. The Hall–Kier alpha value is -0.885. The average molecular weight is 367 g/mol. The molecular weight excluding hydrogens is 339 g/mol. The zero-order valence-corrected chi connectivity index (χ0v) is 17.0. The number of hydrogen-bond acceptors (Lipinski definition) is 5. The number of aryl methyl sites for hydroxylation is 2. The monoisotopic (exact) mass is 367 g/mol. The Kier molecular flexibility index (Phi) is 6.04. The highest BCUT2D eigenvalue weighted by Gasteiger charge is 2.52. The summed E-state index contributed by atoms with van der Waals surface area (Å²) >= 11 is -2.05. The minimum Gasteiger partial charge on any atom is -0.772 e. The van der Waals surface area contributed by atoms with Crippen LogP contribution < -0.4 is 10.2 Å². The molecule has 25 heavy (non-hydrogen) atoms. The van der Waals surface area contributed by atoms with Crippen LogP contribution in [0, 0.1) is 19.8 Å². The average Bonchev–Trinajstić information content (AvgIpc) is 2.63. The van der Waals surface area contributed by atoms with Gasteiger partial charge >= 0.3 is 7.12 Å². The summed E-state index contributed by atoms with van der Waals surface area (Å²) in [5, 5.41) is 0. The fourth-order valence-electron chi connectivity index (χ4n) is 2.87. The van der Waals surface area contributed by atoms with Gasteiger partial charge in [0.1, 0.15) is 5.75 Å². The summed E-state index contributed by atoms with van der Waals surface area (Å²) in [6.07, 6.45) is 0. The van der Waals surface area contributed by atoms with E-state index in [0.717, 1.165) is 22.3 Å². The predicted octanol–water partition coefficient (Wildman–Crippen LogP) is 2.50. The molecule has 5 nitrogen and oxygen atoms in total. The quantitative estimate of drug-likeness (QED) is 0.571. The van der Waals surface area contributed by atoms with Gasteiger partial charge in [-0.15, -0.1) is 0 Å². The molecule has 0 N–H and O–H groups in total. The van der Waals surface area contributed by atoms with Crippen molar-refractivity contribution in [1.29, 1.82) is 0 Å². The van der Waals surface area contributed by atoms with Gasteiger partial charge < -0.3 is 18.6 Å². The highest BCUT2D eigenvalue weighted by molar-refractivity contribution is 7.79. The van der Waals surface area contributed by atoms with Gasteiger partial charge in [0.2, 0.25) is 0 Å². The molecular formula is C18H28BO5S-. The number of rotatable bonds is 6. The maximum atomic E-state index is 10.7. The van der Waals surface area contributed by atoms with Crippen LogP contribution in [0.5, 0.6) is 5.75 Å². The summed E-state index contributed by atoms with van der Waals surface area (Å²) in [6, 6.07) is 3.91. The van der Waals surface area contributed by atoms with Gasteiger partial charge in [0.25, 0.3) is 0 Å². The van der Waals surface area contributed by atoms with E-state index in [1.807, 2.05) is 60.6 Å². The van der Waals surface area contributed by atoms with E-state index >= 15 is 0 Å². The van der Waals surface area contributed by atoms with Crippen LogP contribution in [-0.2, 0) is 20.4 Å². The summed E-state index contributed by atoms with van der Waals surface area (Å²) in [5.74, 6) is 0.782. The third kappa shape index (κ3) is 4.64. The Morgan fingerprint density at radius 1 is 1.16 bits per heavy atom. The van der Waals surface area contributed by atoms with Crippen molar-refractivity contribution >= 4 is 23.7 Å². The third-order valence-electron chi connectivity index (χ3n) is 5.01. The topological polar surface area (TPSA) is 67.8 Å². The minimum absolute atomic E-state index is 0.0540. The standard InChI is InChI=1S/C18H29BO5S/c1-12(11-25(20)21)10-22-15-8-13(2)16(14(3)9-15)19-23-17(4,5)18(6,7)24-19/h8-9,12H,10-11H2,1-7H3,(H,20,21)/p-1. The second kappa shape index (κ2) is 7.39. The fraction of sp³-hybridized carbons (Fsp3) is 0.667. The highest BCUT2D eigenvalue weighted by Crippen LogP contribution is 2.37. The van der Waals surface area contributed by atoms with Gasteiger partial charge in [0.05, 0.1) is 17.8 Å². The molecule has 1 aliphatic heterocycles. The van der Waals surface area contributed by atoms with Crippen molar-refractivity contribution < 1.29 is 22.8 Å². The van der Waals surface area contributed by atoms with Gasteiger partial charge in [-0.05, 0) is 70.3 Å².